The number of alkyl halides is 3. The van der Waals surface area contributed by atoms with E-state index in [1.165, 1.54) is 7.11 Å². The zero-order chi connectivity index (χ0) is 21.3. The molecule has 2 rings (SSSR count). The Morgan fingerprint density at radius 3 is 2.36 bits per heavy atom. The van der Waals surface area contributed by atoms with E-state index in [2.05, 4.69) is 11.2 Å². The third kappa shape index (κ3) is 5.69. The summed E-state index contributed by atoms with van der Waals surface area (Å²) in [5, 5.41) is 14.0. The van der Waals surface area contributed by atoms with E-state index in [0.29, 0.717) is 46.8 Å². The van der Waals surface area contributed by atoms with Gasteiger partial charge in [0, 0.05) is 18.5 Å². The molecule has 9 heteroatoms. The van der Waals surface area contributed by atoms with Gasteiger partial charge >= 0.3 is 12.3 Å². The van der Waals surface area contributed by atoms with Crippen LogP contribution >= 0.6 is 0 Å². The van der Waals surface area contributed by atoms with Crippen molar-refractivity contribution in [2.45, 2.75) is 45.8 Å². The highest BCUT2D eigenvalue weighted by Gasteiger charge is 2.27. The number of carbonyl (C=O) groups excluding carboxylic acids is 2. The molecule has 0 fully saturated rings. The first-order chi connectivity index (χ1) is 13.3. The number of nitriles is 1. The van der Waals surface area contributed by atoms with Gasteiger partial charge in [-0.25, -0.2) is 0 Å². The molecule has 0 atom stereocenters. The predicted molar refractivity (Wildman–Crippen MR) is 93.4 cm³/mol. The number of methoxy groups -OCH3 is 1. The van der Waals surface area contributed by atoms with Crippen LogP contribution < -0.4 is 4.74 Å². The Labute approximate surface area is 160 Å². The predicted octanol–water partition coefficient (Wildman–Crippen LogP) is 3.92. The van der Waals surface area contributed by atoms with Crippen molar-refractivity contribution in [3.63, 3.8) is 0 Å². The van der Waals surface area contributed by atoms with Crippen LogP contribution in [0.3, 0.4) is 0 Å². The van der Waals surface area contributed by atoms with E-state index in [0.717, 1.165) is 0 Å². The number of aryl methyl sites for hydroxylation is 3. The van der Waals surface area contributed by atoms with Gasteiger partial charge in [-0.15, -0.1) is 0 Å². The topological polar surface area (TPSA) is 85.0 Å². The lowest BCUT2D eigenvalue weighted by Crippen LogP contribution is -2.08. The molecule has 1 heterocycles. The van der Waals surface area contributed by atoms with Crippen molar-refractivity contribution >= 4 is 6.15 Å². The first-order valence-corrected chi connectivity index (χ1v) is 8.49. The van der Waals surface area contributed by atoms with E-state index in [4.69, 9.17) is 14.3 Å². The highest BCUT2D eigenvalue weighted by molar-refractivity contribution is 5.74. The molecule has 0 amide bonds. The van der Waals surface area contributed by atoms with Crippen LogP contribution in [0, 0.1) is 11.3 Å². The third-order valence-electron chi connectivity index (χ3n) is 3.99. The highest BCUT2D eigenvalue weighted by Crippen LogP contribution is 2.35. The largest absolute Gasteiger partial charge is 0.496 e. The molecule has 2 aromatic rings. The third-order valence-corrected chi connectivity index (χ3v) is 3.99. The quantitative estimate of drug-likeness (QED) is 0.740. The van der Waals surface area contributed by atoms with Crippen molar-refractivity contribution in [2.75, 3.05) is 7.11 Å². The fourth-order valence-electron chi connectivity index (χ4n) is 2.75. The molecule has 0 aliphatic carbocycles. The Balaban J connectivity index is 0.00000122. The molecule has 0 spiro atoms. The van der Waals surface area contributed by atoms with Crippen molar-refractivity contribution in [3.05, 3.63) is 35.0 Å². The average Bonchev–Trinajstić information content (AvgIpc) is 3.03. The van der Waals surface area contributed by atoms with E-state index in [1.54, 1.807) is 22.9 Å². The molecule has 1 aromatic heterocycles. The van der Waals surface area contributed by atoms with E-state index in [9.17, 15) is 18.4 Å². The minimum atomic E-state index is -4.20. The summed E-state index contributed by atoms with van der Waals surface area (Å²) in [6.45, 7) is 4.41. The fraction of sp³-hybridized carbons (Fsp3) is 0.421. The first-order valence-electron chi connectivity index (χ1n) is 8.49. The molecule has 0 radical (unpaired) electrons. The number of aromatic nitrogens is 2. The number of hydrogen-bond acceptors (Lipinski definition) is 5. The van der Waals surface area contributed by atoms with Crippen molar-refractivity contribution in [1.29, 1.82) is 5.26 Å². The second-order valence-electron chi connectivity index (χ2n) is 5.68. The van der Waals surface area contributed by atoms with Crippen molar-refractivity contribution in [3.8, 4) is 23.1 Å². The van der Waals surface area contributed by atoms with Gasteiger partial charge in [0.15, 0.2) is 0 Å². The fourth-order valence-corrected chi connectivity index (χ4v) is 2.75. The maximum Gasteiger partial charge on any atom is 0.389 e. The minimum absolute atomic E-state index is 0.113. The Morgan fingerprint density at radius 2 is 1.89 bits per heavy atom. The van der Waals surface area contributed by atoms with Gasteiger partial charge in [0.1, 0.15) is 17.4 Å². The van der Waals surface area contributed by atoms with Gasteiger partial charge in [0.25, 0.3) is 0 Å². The second kappa shape index (κ2) is 10.3. The summed E-state index contributed by atoms with van der Waals surface area (Å²) < 4.78 is 44.4. The zero-order valence-electron chi connectivity index (χ0n) is 15.8. The zero-order valence-corrected chi connectivity index (χ0v) is 15.8. The van der Waals surface area contributed by atoms with Gasteiger partial charge in [-0.2, -0.15) is 33.1 Å². The molecule has 0 saturated heterocycles. The summed E-state index contributed by atoms with van der Waals surface area (Å²) in [6, 6.07) is 7.13. The standard InChI is InChI=1S/C18H20F3N3O.CO2/c1-4-15-14(11-22)17(24(5-2)23-15)13-7-6-12(10-16(13)25-3)8-9-18(19,20)21;2-1-3/h6-7,10H,4-5,8-9H2,1-3H3;. The van der Waals surface area contributed by atoms with Crippen molar-refractivity contribution in [2.24, 2.45) is 0 Å². The number of hydrogen-bond donors (Lipinski definition) is 0. The first kappa shape index (κ1) is 22.9. The molecule has 0 saturated carbocycles. The monoisotopic (exact) mass is 395 g/mol. The number of halogens is 3. The Bertz CT molecular complexity index is 877. The number of ether oxygens (including phenoxy) is 1. The molecule has 150 valence electrons. The molecule has 1 aromatic carbocycles. The maximum atomic E-state index is 12.4. The van der Waals surface area contributed by atoms with E-state index >= 15 is 0 Å². The van der Waals surface area contributed by atoms with E-state index in [-0.39, 0.29) is 12.6 Å². The van der Waals surface area contributed by atoms with E-state index < -0.39 is 12.6 Å². The summed E-state index contributed by atoms with van der Waals surface area (Å²) in [7, 11) is 1.46. The smallest absolute Gasteiger partial charge is 0.389 e. The Hall–Kier alpha value is -3.11. The summed E-state index contributed by atoms with van der Waals surface area (Å²) in [6.07, 6.45) is -4.32. The van der Waals surface area contributed by atoms with Gasteiger partial charge in [-0.1, -0.05) is 13.0 Å². The maximum absolute atomic E-state index is 12.4. The molecular formula is C19H20F3N3O3. The lowest BCUT2D eigenvalue weighted by molar-refractivity contribution is -0.191. The van der Waals surface area contributed by atoms with Gasteiger partial charge in [0.05, 0.1) is 18.5 Å². The van der Waals surface area contributed by atoms with Crippen LogP contribution in [0.25, 0.3) is 11.3 Å². The number of rotatable bonds is 6. The molecule has 6 nitrogen and oxygen atoms in total. The van der Waals surface area contributed by atoms with Gasteiger partial charge in [0.2, 0.25) is 0 Å². The summed E-state index contributed by atoms with van der Waals surface area (Å²) >= 11 is 0. The minimum Gasteiger partial charge on any atom is -0.496 e. The van der Waals surface area contributed by atoms with Crippen LogP contribution in [-0.2, 0) is 29.0 Å². The van der Waals surface area contributed by atoms with Crippen LogP contribution in [-0.4, -0.2) is 29.2 Å². The SMILES string of the molecule is CCc1nn(CC)c(-c2ccc(CCC(F)(F)F)cc2OC)c1C#N.O=C=O. The van der Waals surface area contributed by atoms with Crippen LogP contribution in [0.5, 0.6) is 5.75 Å². The Kier molecular flexibility index (Phi) is 8.42. The lowest BCUT2D eigenvalue weighted by atomic mass is 10.0. The van der Waals surface area contributed by atoms with Crippen LogP contribution in [0.1, 0.15) is 37.1 Å². The molecule has 0 aliphatic heterocycles. The second-order valence-corrected chi connectivity index (χ2v) is 5.68. The average molecular weight is 395 g/mol. The van der Waals surface area contributed by atoms with Crippen LogP contribution in [0.4, 0.5) is 13.2 Å². The molecule has 0 N–H and O–H groups in total. The Morgan fingerprint density at radius 1 is 1.25 bits per heavy atom. The number of nitrogens with zero attached hydrogens (tertiary/aromatic N) is 3. The summed E-state index contributed by atoms with van der Waals surface area (Å²) in [4.78, 5) is 16.2. The molecule has 28 heavy (non-hydrogen) atoms. The van der Waals surface area contributed by atoms with Gasteiger partial charge in [-0.05, 0) is 37.5 Å². The highest BCUT2D eigenvalue weighted by atomic mass is 19.4. The lowest BCUT2D eigenvalue weighted by Gasteiger charge is -2.13. The number of benzene rings is 1. The van der Waals surface area contributed by atoms with E-state index in [1.807, 2.05) is 13.8 Å². The van der Waals surface area contributed by atoms with Crippen LogP contribution in [0.15, 0.2) is 18.2 Å². The molecular weight excluding hydrogens is 375 g/mol. The van der Waals surface area contributed by atoms with Gasteiger partial charge < -0.3 is 4.74 Å². The molecule has 0 bridgehead atoms. The molecule has 0 unspecified atom stereocenters. The van der Waals surface area contributed by atoms with Crippen molar-refractivity contribution < 1.29 is 27.5 Å². The normalized spacial score (nSPS) is 10.5. The summed E-state index contributed by atoms with van der Waals surface area (Å²) in [5.41, 5.74) is 3.01. The summed E-state index contributed by atoms with van der Waals surface area (Å²) in [5.74, 6) is 0.438. The van der Waals surface area contributed by atoms with Crippen molar-refractivity contribution in [1.82, 2.24) is 9.78 Å². The van der Waals surface area contributed by atoms with Gasteiger partial charge in [-0.3, -0.25) is 4.68 Å². The van der Waals surface area contributed by atoms with Crippen LogP contribution in [0.2, 0.25) is 0 Å². The molecule has 0 aliphatic rings.